The molecule has 1 aliphatic rings. The highest BCUT2D eigenvalue weighted by Crippen LogP contribution is 2.21. The van der Waals surface area contributed by atoms with Crippen molar-refractivity contribution < 1.29 is 14.3 Å². The van der Waals surface area contributed by atoms with E-state index in [1.54, 1.807) is 6.07 Å². The Morgan fingerprint density at radius 2 is 1.89 bits per heavy atom. The van der Waals surface area contributed by atoms with Crippen LogP contribution in [-0.2, 0) is 11.4 Å². The maximum absolute atomic E-state index is 12.8. The van der Waals surface area contributed by atoms with Gasteiger partial charge in [-0.2, -0.15) is 0 Å². The number of piperidine rings is 1. The van der Waals surface area contributed by atoms with Crippen LogP contribution in [0.15, 0.2) is 53.0 Å². The van der Waals surface area contributed by atoms with Crippen LogP contribution in [0.5, 0.6) is 5.75 Å². The summed E-state index contributed by atoms with van der Waals surface area (Å²) in [5.74, 6) is 0.100. The monoisotopic (exact) mass is 445 g/mol. The van der Waals surface area contributed by atoms with Crippen LogP contribution < -0.4 is 15.8 Å². The van der Waals surface area contributed by atoms with Crippen LogP contribution in [-0.4, -0.2) is 42.4 Å². The largest absolute Gasteiger partial charge is 0.488 e. The Hall–Kier alpha value is -2.38. The van der Waals surface area contributed by atoms with Crippen molar-refractivity contribution >= 4 is 27.7 Å². The normalized spacial score (nSPS) is 15.2. The lowest BCUT2D eigenvalue weighted by Gasteiger charge is -2.31. The second-order valence-corrected chi connectivity index (χ2v) is 7.82. The fraction of sp³-hybridized carbons (Fsp3) is 0.333. The Labute approximate surface area is 173 Å². The number of nitrogens with zero attached hydrogens (tertiary/aromatic N) is 1. The number of nitrogens with one attached hydrogen (secondary N) is 1. The van der Waals surface area contributed by atoms with Crippen molar-refractivity contribution in [3.8, 4) is 5.75 Å². The number of amides is 2. The highest BCUT2D eigenvalue weighted by molar-refractivity contribution is 9.10. The Kier molecular flexibility index (Phi) is 7.06. The SMILES string of the molecule is NC(=O)CN1CCC(NC(=O)c2ccccc2OCc2cccc(Br)c2)CC1. The summed E-state index contributed by atoms with van der Waals surface area (Å²) >= 11 is 3.45. The quantitative estimate of drug-likeness (QED) is 0.685. The van der Waals surface area contributed by atoms with Crippen molar-refractivity contribution in [2.75, 3.05) is 19.6 Å². The summed E-state index contributed by atoms with van der Waals surface area (Å²) < 4.78 is 6.90. The number of nitrogens with two attached hydrogens (primary N) is 1. The smallest absolute Gasteiger partial charge is 0.255 e. The highest BCUT2D eigenvalue weighted by Gasteiger charge is 2.23. The van der Waals surface area contributed by atoms with E-state index in [-0.39, 0.29) is 24.4 Å². The number of para-hydroxylation sites is 1. The minimum atomic E-state index is -0.320. The number of carbonyl (C=O) groups excluding carboxylic acids is 2. The number of halogens is 1. The first-order chi connectivity index (χ1) is 13.5. The fourth-order valence-electron chi connectivity index (χ4n) is 3.29. The topological polar surface area (TPSA) is 84.7 Å². The number of hydrogen-bond donors (Lipinski definition) is 2. The van der Waals surface area contributed by atoms with Gasteiger partial charge in [0, 0.05) is 23.6 Å². The zero-order valence-electron chi connectivity index (χ0n) is 15.6. The third-order valence-corrected chi connectivity index (χ3v) is 5.21. The van der Waals surface area contributed by atoms with Crippen LogP contribution in [0.2, 0.25) is 0 Å². The molecule has 2 amide bonds. The van der Waals surface area contributed by atoms with Crippen molar-refractivity contribution in [2.45, 2.75) is 25.5 Å². The van der Waals surface area contributed by atoms with Gasteiger partial charge in [0.25, 0.3) is 5.91 Å². The summed E-state index contributed by atoms with van der Waals surface area (Å²) in [4.78, 5) is 25.8. The number of rotatable bonds is 7. The maximum atomic E-state index is 12.8. The minimum absolute atomic E-state index is 0.0785. The van der Waals surface area contributed by atoms with Gasteiger partial charge in [-0.05, 0) is 42.7 Å². The molecule has 1 heterocycles. The van der Waals surface area contributed by atoms with Crippen LogP contribution in [0.4, 0.5) is 0 Å². The Morgan fingerprint density at radius 1 is 1.14 bits per heavy atom. The molecule has 0 spiro atoms. The Bertz CT molecular complexity index is 835. The molecule has 1 fully saturated rings. The van der Waals surface area contributed by atoms with E-state index in [0.29, 0.717) is 17.9 Å². The summed E-state index contributed by atoms with van der Waals surface area (Å²) in [5.41, 5.74) is 6.79. The van der Waals surface area contributed by atoms with Gasteiger partial charge in [-0.25, -0.2) is 0 Å². The van der Waals surface area contributed by atoms with Crippen LogP contribution in [0.3, 0.4) is 0 Å². The van der Waals surface area contributed by atoms with E-state index in [1.807, 2.05) is 47.4 Å². The third kappa shape index (κ3) is 5.81. The zero-order chi connectivity index (χ0) is 19.9. The van der Waals surface area contributed by atoms with Gasteiger partial charge in [0.2, 0.25) is 5.91 Å². The predicted molar refractivity (Wildman–Crippen MR) is 111 cm³/mol. The highest BCUT2D eigenvalue weighted by atomic mass is 79.9. The first-order valence-electron chi connectivity index (χ1n) is 9.29. The van der Waals surface area contributed by atoms with Crippen molar-refractivity contribution in [2.24, 2.45) is 5.73 Å². The Balaban J connectivity index is 1.58. The number of benzene rings is 2. The van der Waals surface area contributed by atoms with E-state index in [4.69, 9.17) is 10.5 Å². The van der Waals surface area contributed by atoms with Crippen LogP contribution >= 0.6 is 15.9 Å². The third-order valence-electron chi connectivity index (χ3n) is 4.72. The van der Waals surface area contributed by atoms with Crippen LogP contribution in [0.1, 0.15) is 28.8 Å². The minimum Gasteiger partial charge on any atom is -0.488 e. The van der Waals surface area contributed by atoms with E-state index in [1.165, 1.54) is 0 Å². The molecule has 0 saturated carbocycles. The zero-order valence-corrected chi connectivity index (χ0v) is 17.2. The van der Waals surface area contributed by atoms with Gasteiger partial charge in [0.05, 0.1) is 12.1 Å². The van der Waals surface area contributed by atoms with Crippen molar-refractivity contribution in [1.82, 2.24) is 10.2 Å². The van der Waals surface area contributed by atoms with Gasteiger partial charge < -0.3 is 15.8 Å². The van der Waals surface area contributed by atoms with Crippen LogP contribution in [0, 0.1) is 0 Å². The molecular weight excluding hydrogens is 422 g/mol. The summed E-state index contributed by atoms with van der Waals surface area (Å²) in [6, 6.07) is 15.2. The molecule has 0 bridgehead atoms. The van der Waals surface area contributed by atoms with Gasteiger partial charge in [-0.15, -0.1) is 0 Å². The molecule has 3 N–H and O–H groups in total. The first-order valence-corrected chi connectivity index (χ1v) is 10.1. The molecule has 0 radical (unpaired) electrons. The molecular formula is C21H24BrN3O3. The second-order valence-electron chi connectivity index (χ2n) is 6.90. The lowest BCUT2D eigenvalue weighted by molar-refractivity contribution is -0.119. The molecule has 0 atom stereocenters. The average molecular weight is 446 g/mol. The van der Waals surface area contributed by atoms with E-state index in [0.717, 1.165) is 36.0 Å². The summed E-state index contributed by atoms with van der Waals surface area (Å²) in [5, 5.41) is 3.09. The predicted octanol–water partition coefficient (Wildman–Crippen LogP) is 2.71. The van der Waals surface area contributed by atoms with Crippen molar-refractivity contribution in [3.05, 3.63) is 64.1 Å². The lowest BCUT2D eigenvalue weighted by Crippen LogP contribution is -2.46. The molecule has 2 aromatic carbocycles. The first kappa shape index (κ1) is 20.4. The second kappa shape index (κ2) is 9.71. The fourth-order valence-corrected chi connectivity index (χ4v) is 3.73. The van der Waals surface area contributed by atoms with E-state index in [9.17, 15) is 9.59 Å². The molecule has 3 rings (SSSR count). The van der Waals surface area contributed by atoms with Crippen LogP contribution in [0.25, 0.3) is 0 Å². The Morgan fingerprint density at radius 3 is 2.61 bits per heavy atom. The van der Waals surface area contributed by atoms with Gasteiger partial charge in [0.1, 0.15) is 12.4 Å². The summed E-state index contributed by atoms with van der Waals surface area (Å²) in [6.45, 7) is 2.14. The summed E-state index contributed by atoms with van der Waals surface area (Å²) in [7, 11) is 0. The van der Waals surface area contributed by atoms with E-state index < -0.39 is 0 Å². The van der Waals surface area contributed by atoms with Gasteiger partial charge >= 0.3 is 0 Å². The number of hydrogen-bond acceptors (Lipinski definition) is 4. The molecule has 0 aromatic heterocycles. The maximum Gasteiger partial charge on any atom is 0.255 e. The van der Waals surface area contributed by atoms with Crippen molar-refractivity contribution in [1.29, 1.82) is 0 Å². The molecule has 6 nitrogen and oxygen atoms in total. The number of likely N-dealkylation sites (tertiary alicyclic amines) is 1. The average Bonchev–Trinajstić information content (AvgIpc) is 2.68. The number of carbonyl (C=O) groups is 2. The summed E-state index contributed by atoms with van der Waals surface area (Å²) in [6.07, 6.45) is 1.58. The van der Waals surface area contributed by atoms with E-state index >= 15 is 0 Å². The molecule has 148 valence electrons. The standard InChI is InChI=1S/C21H24BrN3O3/c22-16-5-3-4-15(12-16)14-28-19-7-2-1-6-18(19)21(27)24-17-8-10-25(11-9-17)13-20(23)26/h1-7,12,17H,8-11,13-14H2,(H2,23,26)(H,24,27). The molecule has 0 aliphatic carbocycles. The van der Waals surface area contributed by atoms with Gasteiger partial charge in [-0.3, -0.25) is 14.5 Å². The van der Waals surface area contributed by atoms with Gasteiger partial charge in [0.15, 0.2) is 0 Å². The molecule has 7 heteroatoms. The number of ether oxygens (including phenoxy) is 1. The molecule has 1 saturated heterocycles. The molecule has 1 aliphatic heterocycles. The number of primary amides is 1. The van der Waals surface area contributed by atoms with E-state index in [2.05, 4.69) is 21.2 Å². The molecule has 0 unspecified atom stereocenters. The molecule has 2 aromatic rings. The molecule has 28 heavy (non-hydrogen) atoms. The van der Waals surface area contributed by atoms with Gasteiger partial charge in [-0.1, -0.05) is 40.2 Å². The van der Waals surface area contributed by atoms with Crippen molar-refractivity contribution in [3.63, 3.8) is 0 Å². The lowest BCUT2D eigenvalue weighted by atomic mass is 10.0.